The van der Waals surface area contributed by atoms with Gasteiger partial charge < -0.3 is 20.1 Å². The molecule has 3 aliphatic heterocycles. The number of allylic oxidation sites excluding steroid dienone is 1. The third-order valence-corrected chi connectivity index (χ3v) is 7.72. The van der Waals surface area contributed by atoms with Crippen LogP contribution < -0.4 is 10.6 Å². The van der Waals surface area contributed by atoms with Crippen molar-refractivity contribution in [1.82, 2.24) is 10.6 Å². The second kappa shape index (κ2) is 8.61. The lowest BCUT2D eigenvalue weighted by Gasteiger charge is -2.37. The van der Waals surface area contributed by atoms with Crippen LogP contribution in [0, 0.1) is 5.41 Å². The van der Waals surface area contributed by atoms with Crippen molar-refractivity contribution in [3.8, 4) is 0 Å². The number of hydrogen-bond acceptors (Lipinski definition) is 7. The number of amides is 2. The van der Waals surface area contributed by atoms with Crippen molar-refractivity contribution in [1.29, 1.82) is 0 Å². The van der Waals surface area contributed by atoms with E-state index in [1.165, 1.54) is 11.8 Å². The fourth-order valence-corrected chi connectivity index (χ4v) is 6.28. The van der Waals surface area contributed by atoms with Gasteiger partial charge in [0.1, 0.15) is 12.6 Å². The molecule has 0 aliphatic carbocycles. The van der Waals surface area contributed by atoms with Crippen LogP contribution >= 0.6 is 11.8 Å². The second-order valence-corrected chi connectivity index (χ2v) is 9.97. The van der Waals surface area contributed by atoms with Crippen LogP contribution in [0.3, 0.4) is 0 Å². The second-order valence-electron chi connectivity index (χ2n) is 8.74. The van der Waals surface area contributed by atoms with Crippen LogP contribution in [0.25, 0.3) is 0 Å². The van der Waals surface area contributed by atoms with Gasteiger partial charge in [0.25, 0.3) is 5.72 Å². The zero-order valence-electron chi connectivity index (χ0n) is 18.0. The molecule has 32 heavy (non-hydrogen) atoms. The van der Waals surface area contributed by atoms with E-state index in [0.29, 0.717) is 12.2 Å². The lowest BCUT2D eigenvalue weighted by Crippen LogP contribution is -2.65. The molecule has 0 saturated carbocycles. The third kappa shape index (κ3) is 4.01. The molecule has 8 nitrogen and oxygen atoms in total. The summed E-state index contributed by atoms with van der Waals surface area (Å²) < 4.78 is 10.9. The van der Waals surface area contributed by atoms with E-state index in [2.05, 4.69) is 10.6 Å². The number of carbonyl (C=O) groups is 4. The van der Waals surface area contributed by atoms with Crippen molar-refractivity contribution < 1.29 is 28.7 Å². The van der Waals surface area contributed by atoms with Crippen LogP contribution in [0.15, 0.2) is 42.0 Å². The van der Waals surface area contributed by atoms with Crippen molar-refractivity contribution >= 4 is 35.5 Å². The van der Waals surface area contributed by atoms with Crippen LogP contribution in [0.5, 0.6) is 0 Å². The monoisotopic (exact) mass is 458 g/mol. The number of rotatable bonds is 6. The fourth-order valence-electron chi connectivity index (χ4n) is 4.51. The van der Waals surface area contributed by atoms with Gasteiger partial charge in [0.2, 0.25) is 11.8 Å². The number of esters is 2. The first kappa shape index (κ1) is 22.4. The molecule has 4 rings (SSSR count). The molecule has 0 aromatic heterocycles. The van der Waals surface area contributed by atoms with Crippen molar-refractivity contribution in [2.24, 2.45) is 5.41 Å². The highest BCUT2D eigenvalue weighted by Gasteiger charge is 2.72. The summed E-state index contributed by atoms with van der Waals surface area (Å²) in [6.07, 6.45) is 2.25. The topological polar surface area (TPSA) is 111 Å². The van der Waals surface area contributed by atoms with Crippen molar-refractivity contribution in [3.05, 3.63) is 47.5 Å². The Morgan fingerprint density at radius 3 is 2.75 bits per heavy atom. The quantitative estimate of drug-likeness (QED) is 0.491. The van der Waals surface area contributed by atoms with Crippen LogP contribution in [0.2, 0.25) is 0 Å². The maximum atomic E-state index is 13.2. The van der Waals surface area contributed by atoms with E-state index >= 15 is 0 Å². The van der Waals surface area contributed by atoms with Crippen LogP contribution in [-0.4, -0.2) is 53.1 Å². The Bertz CT molecular complexity index is 976. The highest BCUT2D eigenvalue weighted by Crippen LogP contribution is 2.57. The molecule has 3 aliphatic rings. The summed E-state index contributed by atoms with van der Waals surface area (Å²) in [5.74, 6) is -1.74. The number of thioether (sulfide) groups is 1. The zero-order chi connectivity index (χ0) is 22.9. The molecule has 3 fully saturated rings. The van der Waals surface area contributed by atoms with Gasteiger partial charge >= 0.3 is 11.9 Å². The van der Waals surface area contributed by atoms with E-state index in [1.54, 1.807) is 6.08 Å². The summed E-state index contributed by atoms with van der Waals surface area (Å²) in [7, 11) is 0. The SMILES string of the molecule is CC(C)=CCOC(=O)[C@@]12NC(=O)[C@@H](NC(=O)Cc3ccccc3)[C@@H]3C[C@]1(CS3)CC(=O)O2. The zero-order valence-corrected chi connectivity index (χ0v) is 18.8. The lowest BCUT2D eigenvalue weighted by molar-refractivity contribution is -0.187. The number of benzene rings is 1. The average Bonchev–Trinajstić information content (AvgIpc) is 3.25. The van der Waals surface area contributed by atoms with Gasteiger partial charge in [-0.05, 0) is 31.9 Å². The molecule has 0 radical (unpaired) electrons. The summed E-state index contributed by atoms with van der Waals surface area (Å²) in [5.41, 5.74) is -0.983. The Balaban J connectivity index is 1.56. The predicted octanol–water partition coefficient (Wildman–Crippen LogP) is 1.49. The smallest absolute Gasteiger partial charge is 0.373 e. The van der Waals surface area contributed by atoms with Crippen LogP contribution in [0.4, 0.5) is 0 Å². The summed E-state index contributed by atoms with van der Waals surface area (Å²) in [5, 5.41) is 5.20. The fraction of sp³-hybridized carbons (Fsp3) is 0.478. The number of ether oxygens (including phenoxy) is 2. The summed E-state index contributed by atoms with van der Waals surface area (Å²) in [4.78, 5) is 51.3. The number of fused-ring (bicyclic) bond motifs is 1. The molecule has 1 spiro atoms. The molecule has 3 heterocycles. The van der Waals surface area contributed by atoms with E-state index in [4.69, 9.17) is 9.47 Å². The number of hydrogen-bond donors (Lipinski definition) is 2. The maximum absolute atomic E-state index is 13.2. The first-order valence-corrected chi connectivity index (χ1v) is 11.6. The molecule has 0 unspecified atom stereocenters. The normalized spacial score (nSPS) is 30.4. The molecule has 1 aromatic carbocycles. The van der Waals surface area contributed by atoms with Gasteiger partial charge in [0.15, 0.2) is 0 Å². The molecule has 9 heteroatoms. The number of carbonyl (C=O) groups excluding carboxylic acids is 4. The highest BCUT2D eigenvalue weighted by molar-refractivity contribution is 8.00. The minimum absolute atomic E-state index is 0.0131. The minimum atomic E-state index is -1.88. The molecule has 1 aromatic rings. The van der Waals surface area contributed by atoms with Gasteiger partial charge in [0, 0.05) is 11.0 Å². The molecule has 4 atom stereocenters. The molecule has 3 saturated heterocycles. The highest BCUT2D eigenvalue weighted by atomic mass is 32.2. The molecule has 2 N–H and O–H groups in total. The van der Waals surface area contributed by atoms with E-state index < -0.39 is 35.0 Å². The van der Waals surface area contributed by atoms with Gasteiger partial charge in [-0.1, -0.05) is 35.9 Å². The summed E-state index contributed by atoms with van der Waals surface area (Å²) in [6.45, 7) is 3.76. The third-order valence-electron chi connectivity index (χ3n) is 6.13. The van der Waals surface area contributed by atoms with E-state index in [9.17, 15) is 19.2 Å². The van der Waals surface area contributed by atoms with Crippen molar-refractivity contribution in [2.75, 3.05) is 12.4 Å². The largest absolute Gasteiger partial charge is 0.457 e. The van der Waals surface area contributed by atoms with Crippen LogP contribution in [-0.2, 0) is 35.1 Å². The number of nitrogens with one attached hydrogen (secondary N) is 2. The Morgan fingerprint density at radius 2 is 2.03 bits per heavy atom. The van der Waals surface area contributed by atoms with E-state index in [-0.39, 0.29) is 30.6 Å². The lowest BCUT2D eigenvalue weighted by atomic mass is 9.75. The molecule has 2 bridgehead atoms. The van der Waals surface area contributed by atoms with Crippen molar-refractivity contribution in [3.63, 3.8) is 0 Å². The molecule has 170 valence electrons. The molecular formula is C23H26N2O6S. The van der Waals surface area contributed by atoms with Crippen molar-refractivity contribution in [2.45, 2.75) is 50.1 Å². The van der Waals surface area contributed by atoms with Crippen LogP contribution in [0.1, 0.15) is 32.3 Å². The first-order valence-electron chi connectivity index (χ1n) is 10.5. The van der Waals surface area contributed by atoms with Gasteiger partial charge in [-0.3, -0.25) is 14.4 Å². The van der Waals surface area contributed by atoms with Gasteiger partial charge in [-0.2, -0.15) is 11.8 Å². The Morgan fingerprint density at radius 1 is 1.28 bits per heavy atom. The van der Waals surface area contributed by atoms with Gasteiger partial charge in [-0.25, -0.2) is 4.79 Å². The first-order chi connectivity index (χ1) is 15.2. The average molecular weight is 459 g/mol. The standard InChI is InChI=1S/C23H26N2O6S/c1-14(2)8-9-30-21(29)23-22(12-18(27)31-23)11-16(32-13-22)19(20(28)25-23)24-17(26)10-15-6-4-3-5-7-15/h3-8,16,19H,9-13H2,1-2H3,(H,24,26)(H,25,28)/t16-,19-,22+,23-/m0/s1. The Kier molecular flexibility index (Phi) is 6.03. The van der Waals surface area contributed by atoms with E-state index in [1.807, 2.05) is 44.2 Å². The van der Waals surface area contributed by atoms with Gasteiger partial charge in [-0.15, -0.1) is 0 Å². The molecular weight excluding hydrogens is 432 g/mol. The van der Waals surface area contributed by atoms with E-state index in [0.717, 1.165) is 11.1 Å². The Labute approximate surface area is 190 Å². The Hall–Kier alpha value is -2.81. The van der Waals surface area contributed by atoms with Gasteiger partial charge in [0.05, 0.1) is 18.3 Å². The maximum Gasteiger partial charge on any atom is 0.373 e. The summed E-state index contributed by atoms with van der Waals surface area (Å²) in [6, 6.07) is 8.39. The predicted molar refractivity (Wildman–Crippen MR) is 117 cm³/mol. The molecule has 2 amide bonds. The minimum Gasteiger partial charge on any atom is -0.457 e. The summed E-state index contributed by atoms with van der Waals surface area (Å²) >= 11 is 1.47.